The normalized spacial score (nSPS) is 13.0. The van der Waals surface area contributed by atoms with Gasteiger partial charge in [-0.15, -0.1) is 0 Å². The van der Waals surface area contributed by atoms with Gasteiger partial charge in [-0.3, -0.25) is 4.79 Å². The predicted molar refractivity (Wildman–Crippen MR) is 55.8 cm³/mol. The van der Waals surface area contributed by atoms with Crippen LogP contribution >= 0.6 is 0 Å². The average Bonchev–Trinajstić information content (AvgIpc) is 2.26. The fraction of sp³-hybridized carbons (Fsp3) is 0.250. The minimum Gasteiger partial charge on any atom is -0.380 e. The first-order valence-corrected chi connectivity index (χ1v) is 4.69. The summed E-state index contributed by atoms with van der Waals surface area (Å²) in [7, 11) is 0. The Morgan fingerprint density at radius 3 is 2.64 bits per heavy atom. The summed E-state index contributed by atoms with van der Waals surface area (Å²) in [6.45, 7) is 1.94. The highest BCUT2D eigenvalue weighted by Gasteiger charge is 2.13. The van der Waals surface area contributed by atoms with Crippen LogP contribution in [0.1, 0.15) is 25.0 Å². The van der Waals surface area contributed by atoms with Crippen molar-refractivity contribution in [3.8, 4) is 0 Å². The van der Waals surface area contributed by atoms with Crippen LogP contribution in [-0.4, -0.2) is 10.9 Å². The van der Waals surface area contributed by atoms with E-state index >= 15 is 0 Å². The van der Waals surface area contributed by atoms with Crippen molar-refractivity contribution >= 4 is 5.78 Å². The molecule has 0 aliphatic rings. The summed E-state index contributed by atoms with van der Waals surface area (Å²) >= 11 is 0. The third-order valence-electron chi connectivity index (χ3n) is 1.90. The molecule has 1 aromatic carbocycles. The maximum Gasteiger partial charge on any atom is 0.188 e. The topological polar surface area (TPSA) is 37.3 Å². The van der Waals surface area contributed by atoms with Gasteiger partial charge in [-0.25, -0.2) is 0 Å². The highest BCUT2D eigenvalue weighted by atomic mass is 16.3. The third-order valence-corrected chi connectivity index (χ3v) is 1.90. The number of benzene rings is 1. The molecular weight excluding hydrogens is 176 g/mol. The second kappa shape index (κ2) is 5.35. The van der Waals surface area contributed by atoms with E-state index in [0.717, 1.165) is 6.42 Å². The summed E-state index contributed by atoms with van der Waals surface area (Å²) in [4.78, 5) is 11.4. The second-order valence-electron chi connectivity index (χ2n) is 3.03. The Hall–Kier alpha value is -1.41. The van der Waals surface area contributed by atoms with E-state index in [1.807, 2.05) is 13.0 Å². The zero-order chi connectivity index (χ0) is 10.4. The Labute approximate surface area is 83.9 Å². The molecule has 0 aliphatic heterocycles. The Morgan fingerprint density at radius 2 is 2.07 bits per heavy atom. The van der Waals surface area contributed by atoms with Crippen LogP contribution in [0, 0.1) is 0 Å². The number of hydrogen-bond acceptors (Lipinski definition) is 2. The number of allylic oxidation sites excluding steroid dienone is 1. The Kier molecular flexibility index (Phi) is 4.08. The van der Waals surface area contributed by atoms with Gasteiger partial charge in [-0.2, -0.15) is 0 Å². The SMILES string of the molecule is CC/C=C/C(=O)[C@H](O)c1ccccc1. The lowest BCUT2D eigenvalue weighted by Crippen LogP contribution is -2.08. The van der Waals surface area contributed by atoms with Crippen molar-refractivity contribution in [3.05, 3.63) is 48.0 Å². The molecule has 0 unspecified atom stereocenters. The van der Waals surface area contributed by atoms with Gasteiger partial charge in [-0.05, 0) is 18.1 Å². The molecule has 0 heterocycles. The van der Waals surface area contributed by atoms with Gasteiger partial charge in [0.25, 0.3) is 0 Å². The molecule has 0 fully saturated rings. The molecule has 1 atom stereocenters. The lowest BCUT2D eigenvalue weighted by Gasteiger charge is -2.06. The number of aliphatic hydroxyl groups is 1. The van der Waals surface area contributed by atoms with Gasteiger partial charge in [0.05, 0.1) is 0 Å². The molecule has 0 saturated heterocycles. The number of aliphatic hydroxyl groups excluding tert-OH is 1. The average molecular weight is 190 g/mol. The molecule has 0 aliphatic carbocycles. The molecule has 2 nitrogen and oxygen atoms in total. The molecule has 74 valence electrons. The van der Waals surface area contributed by atoms with E-state index in [9.17, 15) is 9.90 Å². The molecule has 0 saturated carbocycles. The van der Waals surface area contributed by atoms with E-state index in [1.54, 1.807) is 30.3 Å². The van der Waals surface area contributed by atoms with Crippen LogP contribution in [0.2, 0.25) is 0 Å². The predicted octanol–water partition coefficient (Wildman–Crippen LogP) is 2.26. The highest BCUT2D eigenvalue weighted by Crippen LogP contribution is 2.13. The zero-order valence-corrected chi connectivity index (χ0v) is 8.18. The van der Waals surface area contributed by atoms with Crippen LogP contribution in [0.3, 0.4) is 0 Å². The summed E-state index contributed by atoms with van der Waals surface area (Å²) in [5.41, 5.74) is 0.637. The van der Waals surface area contributed by atoms with E-state index in [4.69, 9.17) is 0 Å². The van der Waals surface area contributed by atoms with Gasteiger partial charge in [0, 0.05) is 0 Å². The van der Waals surface area contributed by atoms with Crippen molar-refractivity contribution in [1.29, 1.82) is 0 Å². The molecule has 1 rings (SSSR count). The highest BCUT2D eigenvalue weighted by molar-refractivity contribution is 5.94. The summed E-state index contributed by atoms with van der Waals surface area (Å²) < 4.78 is 0. The molecule has 0 spiro atoms. The van der Waals surface area contributed by atoms with Crippen molar-refractivity contribution in [3.63, 3.8) is 0 Å². The van der Waals surface area contributed by atoms with E-state index in [0.29, 0.717) is 5.56 Å². The van der Waals surface area contributed by atoms with Gasteiger partial charge in [0.2, 0.25) is 0 Å². The Balaban J connectivity index is 2.71. The van der Waals surface area contributed by atoms with E-state index in [-0.39, 0.29) is 5.78 Å². The fourth-order valence-corrected chi connectivity index (χ4v) is 1.12. The van der Waals surface area contributed by atoms with Gasteiger partial charge in [-0.1, -0.05) is 43.3 Å². The van der Waals surface area contributed by atoms with Crippen LogP contribution < -0.4 is 0 Å². The molecule has 14 heavy (non-hydrogen) atoms. The van der Waals surface area contributed by atoms with Crippen LogP contribution in [0.25, 0.3) is 0 Å². The number of carbonyl (C=O) groups is 1. The molecule has 0 radical (unpaired) electrons. The first-order valence-electron chi connectivity index (χ1n) is 4.69. The standard InChI is InChI=1S/C12H14O2/c1-2-3-9-11(13)12(14)10-7-5-4-6-8-10/h3-9,12,14H,2H2,1H3/b9-3+/t12-/m1/s1. The molecule has 0 aromatic heterocycles. The second-order valence-corrected chi connectivity index (χ2v) is 3.03. The molecule has 0 amide bonds. The van der Waals surface area contributed by atoms with E-state index in [1.165, 1.54) is 6.08 Å². The van der Waals surface area contributed by atoms with Gasteiger partial charge in [0.1, 0.15) is 6.10 Å². The van der Waals surface area contributed by atoms with Crippen LogP contribution in [-0.2, 0) is 4.79 Å². The molecule has 1 N–H and O–H groups in total. The maximum atomic E-state index is 11.4. The van der Waals surface area contributed by atoms with Crippen molar-refractivity contribution in [2.45, 2.75) is 19.4 Å². The minimum absolute atomic E-state index is 0.266. The van der Waals surface area contributed by atoms with Crippen molar-refractivity contribution in [2.75, 3.05) is 0 Å². The fourth-order valence-electron chi connectivity index (χ4n) is 1.12. The van der Waals surface area contributed by atoms with Crippen molar-refractivity contribution < 1.29 is 9.90 Å². The summed E-state index contributed by atoms with van der Waals surface area (Å²) in [6.07, 6.45) is 2.94. The Morgan fingerprint density at radius 1 is 1.43 bits per heavy atom. The number of hydrogen-bond donors (Lipinski definition) is 1. The summed E-state index contributed by atoms with van der Waals surface area (Å²) in [6, 6.07) is 8.93. The van der Waals surface area contributed by atoms with Gasteiger partial charge < -0.3 is 5.11 Å². The number of ketones is 1. The molecular formula is C12H14O2. The lowest BCUT2D eigenvalue weighted by molar-refractivity contribution is -0.122. The van der Waals surface area contributed by atoms with Crippen molar-refractivity contribution in [1.82, 2.24) is 0 Å². The quantitative estimate of drug-likeness (QED) is 0.739. The summed E-state index contributed by atoms with van der Waals surface area (Å²) in [5, 5.41) is 9.61. The minimum atomic E-state index is -1.03. The van der Waals surface area contributed by atoms with Crippen LogP contribution in [0.4, 0.5) is 0 Å². The molecule has 1 aromatic rings. The first kappa shape index (κ1) is 10.7. The monoisotopic (exact) mass is 190 g/mol. The Bertz CT molecular complexity index is 314. The number of rotatable bonds is 4. The van der Waals surface area contributed by atoms with Crippen LogP contribution in [0.5, 0.6) is 0 Å². The molecule has 2 heteroatoms. The smallest absolute Gasteiger partial charge is 0.188 e. The third kappa shape index (κ3) is 2.82. The summed E-state index contributed by atoms with van der Waals surface area (Å²) in [5.74, 6) is -0.266. The maximum absolute atomic E-state index is 11.4. The van der Waals surface area contributed by atoms with E-state index < -0.39 is 6.10 Å². The zero-order valence-electron chi connectivity index (χ0n) is 8.18. The van der Waals surface area contributed by atoms with Crippen LogP contribution in [0.15, 0.2) is 42.5 Å². The van der Waals surface area contributed by atoms with Crippen molar-refractivity contribution in [2.24, 2.45) is 0 Å². The van der Waals surface area contributed by atoms with Gasteiger partial charge >= 0.3 is 0 Å². The first-order chi connectivity index (χ1) is 6.75. The van der Waals surface area contributed by atoms with E-state index in [2.05, 4.69) is 0 Å². The number of carbonyl (C=O) groups excluding carboxylic acids is 1. The largest absolute Gasteiger partial charge is 0.380 e. The van der Waals surface area contributed by atoms with Gasteiger partial charge in [0.15, 0.2) is 5.78 Å². The lowest BCUT2D eigenvalue weighted by atomic mass is 10.1. The molecule has 0 bridgehead atoms.